The molecule has 4 heterocycles. The molecule has 8 nitrogen and oxygen atoms in total. The van der Waals surface area contributed by atoms with Crippen LogP contribution in [0.1, 0.15) is 27.8 Å². The fourth-order valence-electron chi connectivity index (χ4n) is 8.36. The fraction of sp³-hybridized carbons (Fsp3) is 0.0851. The molecule has 0 aliphatic rings. The van der Waals surface area contributed by atoms with Crippen LogP contribution in [0.25, 0.3) is 66.9 Å². The van der Waals surface area contributed by atoms with Gasteiger partial charge in [0.05, 0.1) is 45.2 Å². The Morgan fingerprint density at radius 3 is 1.62 bits per heavy atom. The maximum absolute atomic E-state index is 10.6. The van der Waals surface area contributed by atoms with Crippen LogP contribution in [-0.4, -0.2) is 28.2 Å². The molecule has 6 aromatic carbocycles. The van der Waals surface area contributed by atoms with Gasteiger partial charge >= 0.3 is 0 Å². The van der Waals surface area contributed by atoms with Crippen molar-refractivity contribution >= 4 is 43.6 Å². The molecule has 10 rings (SSSR count). The third kappa shape index (κ3) is 4.90. The molecule has 0 fully saturated rings. The van der Waals surface area contributed by atoms with Crippen molar-refractivity contribution in [3.63, 3.8) is 0 Å². The van der Waals surface area contributed by atoms with E-state index in [4.69, 9.17) is 14.7 Å². The van der Waals surface area contributed by atoms with Crippen molar-refractivity contribution in [3.8, 4) is 41.0 Å². The number of rotatable bonds is 6. The first-order valence-electron chi connectivity index (χ1n) is 18.3. The predicted molar refractivity (Wildman–Crippen MR) is 220 cm³/mol. The smallest absolute Gasteiger partial charge is 0.239 e. The summed E-state index contributed by atoms with van der Waals surface area (Å²) in [4.78, 5) is 10.1. The number of imidazole rings is 2. The molecule has 0 atom stereocenters. The van der Waals surface area contributed by atoms with Crippen LogP contribution in [0.4, 0.5) is 0 Å². The molecule has 264 valence electrons. The Balaban J connectivity index is 1.20. The number of fused-ring (bicyclic) bond motifs is 6. The van der Waals surface area contributed by atoms with Gasteiger partial charge in [-0.15, -0.1) is 0 Å². The lowest BCUT2D eigenvalue weighted by atomic mass is 10.1. The molecule has 0 saturated carbocycles. The first-order valence-corrected chi connectivity index (χ1v) is 18.3. The predicted octanol–water partition coefficient (Wildman–Crippen LogP) is 11.1. The molecule has 0 aliphatic carbocycles. The van der Waals surface area contributed by atoms with Gasteiger partial charge in [-0.1, -0.05) is 91.0 Å². The van der Waals surface area contributed by atoms with Crippen LogP contribution in [0.15, 0.2) is 140 Å². The SMILES string of the molecule is Cc1cccc(C)c1-n1ccnc1-n1c2ccccc2c2cc(C#N)c(Oc3cn(-c4c(C)cccc4C)c(-n4c5ccccc5c5ccccc54)n3)cc21. The van der Waals surface area contributed by atoms with E-state index in [9.17, 15) is 5.26 Å². The Labute approximate surface area is 317 Å². The highest BCUT2D eigenvalue weighted by molar-refractivity contribution is 6.10. The second-order valence-corrected chi connectivity index (χ2v) is 14.1. The summed E-state index contributed by atoms with van der Waals surface area (Å²) in [5.41, 5.74) is 10.9. The van der Waals surface area contributed by atoms with Gasteiger partial charge in [0.25, 0.3) is 0 Å². The van der Waals surface area contributed by atoms with Crippen molar-refractivity contribution in [1.29, 1.82) is 5.26 Å². The van der Waals surface area contributed by atoms with Crippen molar-refractivity contribution in [2.24, 2.45) is 0 Å². The molecule has 0 saturated heterocycles. The average molecular weight is 714 g/mol. The molecule has 8 heteroatoms. The maximum atomic E-state index is 10.6. The van der Waals surface area contributed by atoms with Gasteiger partial charge < -0.3 is 4.74 Å². The summed E-state index contributed by atoms with van der Waals surface area (Å²) in [5.74, 6) is 2.21. The number of aromatic nitrogens is 6. The van der Waals surface area contributed by atoms with Crippen LogP contribution in [0.5, 0.6) is 11.6 Å². The molecule has 0 N–H and O–H groups in total. The Morgan fingerprint density at radius 2 is 1.05 bits per heavy atom. The Kier molecular flexibility index (Phi) is 7.26. The van der Waals surface area contributed by atoms with E-state index in [1.807, 2.05) is 42.9 Å². The molecule has 0 spiro atoms. The van der Waals surface area contributed by atoms with Crippen LogP contribution in [-0.2, 0) is 0 Å². The quantitative estimate of drug-likeness (QED) is 0.172. The van der Waals surface area contributed by atoms with Gasteiger partial charge in [0.1, 0.15) is 11.8 Å². The summed E-state index contributed by atoms with van der Waals surface area (Å²) in [6.07, 6.45) is 5.77. The van der Waals surface area contributed by atoms with Crippen molar-refractivity contribution in [3.05, 3.63) is 168 Å². The first kappa shape index (κ1) is 32.3. The summed E-state index contributed by atoms with van der Waals surface area (Å²) in [6, 6.07) is 44.0. The molecule has 0 bridgehead atoms. The van der Waals surface area contributed by atoms with E-state index in [0.29, 0.717) is 23.1 Å². The van der Waals surface area contributed by atoms with E-state index in [1.165, 1.54) is 0 Å². The number of hydrogen-bond donors (Lipinski definition) is 0. The third-order valence-corrected chi connectivity index (χ3v) is 10.7. The van der Waals surface area contributed by atoms with Crippen LogP contribution < -0.4 is 4.74 Å². The minimum atomic E-state index is 0.370. The number of para-hydroxylation sites is 5. The molecule has 0 radical (unpaired) electrons. The number of nitriles is 1. The van der Waals surface area contributed by atoms with Crippen molar-refractivity contribution in [2.75, 3.05) is 0 Å². The molecule has 10 aromatic rings. The lowest BCUT2D eigenvalue weighted by Crippen LogP contribution is -2.07. The van der Waals surface area contributed by atoms with Gasteiger partial charge in [-0.3, -0.25) is 18.3 Å². The number of nitrogens with zero attached hydrogens (tertiary/aromatic N) is 7. The monoisotopic (exact) mass is 713 g/mol. The van der Waals surface area contributed by atoms with Gasteiger partial charge in [0.2, 0.25) is 17.8 Å². The normalized spacial score (nSPS) is 11.6. The summed E-state index contributed by atoms with van der Waals surface area (Å²) < 4.78 is 15.4. The Bertz CT molecular complexity index is 3110. The summed E-state index contributed by atoms with van der Waals surface area (Å²) >= 11 is 0. The minimum absolute atomic E-state index is 0.370. The van der Waals surface area contributed by atoms with Gasteiger partial charge in [-0.05, 0) is 74.2 Å². The zero-order chi connectivity index (χ0) is 37.4. The highest BCUT2D eigenvalue weighted by Crippen LogP contribution is 2.39. The van der Waals surface area contributed by atoms with E-state index >= 15 is 0 Å². The highest BCUT2D eigenvalue weighted by Gasteiger charge is 2.24. The van der Waals surface area contributed by atoms with Gasteiger partial charge in [-0.2, -0.15) is 10.2 Å². The molecular weight excluding hydrogens is 679 g/mol. The molecule has 0 amide bonds. The first-order chi connectivity index (χ1) is 26.9. The second-order valence-electron chi connectivity index (χ2n) is 14.1. The van der Waals surface area contributed by atoms with Crippen molar-refractivity contribution < 1.29 is 4.74 Å². The zero-order valence-corrected chi connectivity index (χ0v) is 30.8. The summed E-state index contributed by atoms with van der Waals surface area (Å²) in [7, 11) is 0. The van der Waals surface area contributed by atoms with Crippen LogP contribution in [0.3, 0.4) is 0 Å². The highest BCUT2D eigenvalue weighted by atomic mass is 16.5. The van der Waals surface area contributed by atoms with Gasteiger partial charge in [-0.25, -0.2) is 4.98 Å². The lowest BCUT2D eigenvalue weighted by molar-refractivity contribution is 0.464. The molecule has 0 unspecified atom stereocenters. The van der Waals surface area contributed by atoms with Crippen LogP contribution in [0, 0.1) is 39.0 Å². The van der Waals surface area contributed by atoms with Gasteiger partial charge in [0, 0.05) is 40.0 Å². The van der Waals surface area contributed by atoms with Crippen LogP contribution >= 0.6 is 0 Å². The number of aryl methyl sites for hydroxylation is 4. The van der Waals surface area contributed by atoms with E-state index in [1.54, 1.807) is 0 Å². The Morgan fingerprint density at radius 1 is 0.545 bits per heavy atom. The summed E-state index contributed by atoms with van der Waals surface area (Å²) in [6.45, 7) is 8.46. The number of ether oxygens (including phenoxy) is 1. The van der Waals surface area contributed by atoms with E-state index < -0.39 is 0 Å². The largest absolute Gasteiger partial charge is 0.436 e. The van der Waals surface area contributed by atoms with Crippen LogP contribution in [0.2, 0.25) is 0 Å². The topological polar surface area (TPSA) is 78.5 Å². The maximum Gasteiger partial charge on any atom is 0.239 e. The zero-order valence-electron chi connectivity index (χ0n) is 30.8. The third-order valence-electron chi connectivity index (χ3n) is 10.7. The molecule has 55 heavy (non-hydrogen) atoms. The second kappa shape index (κ2) is 12.4. The Hall–Kier alpha value is -7.37. The standard InChI is InChI=1S/C47H35N7O/c1-29-13-11-14-30(2)44(29)51-24-23-49-46(51)54-40-22-10-7-19-36(40)37-25-33(27-48)42(26-41(37)54)55-43-28-52(45-31(3)15-12-16-32(45)4)47(50-43)53-38-20-8-5-17-34(38)35-18-6-9-21-39(35)53/h5-26,28H,1-4H3. The molecular formula is C47H35N7O. The summed E-state index contributed by atoms with van der Waals surface area (Å²) in [5, 5.41) is 14.8. The lowest BCUT2D eigenvalue weighted by Gasteiger charge is -2.16. The van der Waals surface area contributed by atoms with E-state index in [0.717, 1.165) is 83.2 Å². The minimum Gasteiger partial charge on any atom is -0.436 e. The van der Waals surface area contributed by atoms with E-state index in [-0.39, 0.29) is 0 Å². The van der Waals surface area contributed by atoms with Crippen molar-refractivity contribution in [2.45, 2.75) is 27.7 Å². The van der Waals surface area contributed by atoms with Gasteiger partial charge in [0.15, 0.2) is 0 Å². The fourth-order valence-corrected chi connectivity index (χ4v) is 8.36. The number of benzene rings is 6. The van der Waals surface area contributed by atoms with Crippen molar-refractivity contribution in [1.82, 2.24) is 28.2 Å². The number of hydrogen-bond acceptors (Lipinski definition) is 4. The molecule has 0 aliphatic heterocycles. The molecule has 4 aromatic heterocycles. The average Bonchev–Trinajstić information content (AvgIpc) is 3.97. The van der Waals surface area contributed by atoms with E-state index in [2.05, 4.69) is 149 Å².